The normalized spacial score (nSPS) is 16.4. The van der Waals surface area contributed by atoms with Gasteiger partial charge in [0, 0.05) is 24.7 Å². The second kappa shape index (κ2) is 8.36. The molecule has 2 aromatic carbocycles. The Labute approximate surface area is 158 Å². The summed E-state index contributed by atoms with van der Waals surface area (Å²) in [6.07, 6.45) is 2.08. The molecule has 0 bridgehead atoms. The summed E-state index contributed by atoms with van der Waals surface area (Å²) >= 11 is 5.62. The maximum atomic E-state index is 13.0. The summed E-state index contributed by atoms with van der Waals surface area (Å²) in [6, 6.07) is 12.5. The molecule has 138 valence electrons. The Morgan fingerprint density at radius 3 is 2.65 bits per heavy atom. The van der Waals surface area contributed by atoms with Gasteiger partial charge in [0.15, 0.2) is 5.11 Å². The third kappa shape index (κ3) is 4.07. The molecule has 1 aliphatic heterocycles. The Morgan fingerprint density at radius 1 is 1.19 bits per heavy atom. The van der Waals surface area contributed by atoms with Crippen molar-refractivity contribution in [2.24, 2.45) is 0 Å². The van der Waals surface area contributed by atoms with Crippen LogP contribution in [-0.2, 0) is 6.54 Å². The number of rotatable bonds is 5. The van der Waals surface area contributed by atoms with Crippen LogP contribution in [0.1, 0.15) is 30.0 Å². The quantitative estimate of drug-likeness (QED) is 0.799. The fourth-order valence-electron chi connectivity index (χ4n) is 3.31. The Morgan fingerprint density at radius 2 is 1.96 bits per heavy atom. The Kier molecular flexibility index (Phi) is 5.93. The molecule has 0 unspecified atom stereocenters. The second-order valence-electron chi connectivity index (χ2n) is 6.24. The molecule has 26 heavy (non-hydrogen) atoms. The number of hydrogen-bond acceptors (Lipinski definition) is 3. The van der Waals surface area contributed by atoms with Crippen LogP contribution >= 0.6 is 12.2 Å². The summed E-state index contributed by atoms with van der Waals surface area (Å²) in [5.74, 6) is 1.34. The molecule has 0 amide bonds. The number of likely N-dealkylation sites (tertiary alicyclic amines) is 1. The minimum Gasteiger partial charge on any atom is -0.497 e. The number of benzene rings is 2. The molecule has 1 saturated heterocycles. The van der Waals surface area contributed by atoms with Gasteiger partial charge in [-0.2, -0.15) is 0 Å². The molecule has 4 nitrogen and oxygen atoms in total. The molecule has 2 aromatic rings. The van der Waals surface area contributed by atoms with Crippen molar-refractivity contribution < 1.29 is 13.9 Å². The number of hydrogen-bond donors (Lipinski definition) is 1. The van der Waals surface area contributed by atoms with Gasteiger partial charge in [-0.1, -0.05) is 12.1 Å². The summed E-state index contributed by atoms with van der Waals surface area (Å²) in [4.78, 5) is 2.20. The summed E-state index contributed by atoms with van der Waals surface area (Å²) in [6.45, 7) is 1.47. The van der Waals surface area contributed by atoms with Gasteiger partial charge < -0.3 is 19.7 Å². The maximum absolute atomic E-state index is 13.0. The third-order valence-corrected chi connectivity index (χ3v) is 5.05. The Hall–Kier alpha value is -2.34. The summed E-state index contributed by atoms with van der Waals surface area (Å²) in [5.41, 5.74) is 2.10. The summed E-state index contributed by atoms with van der Waals surface area (Å²) in [5, 5.41) is 3.99. The SMILES string of the molecule is COc1ccc([C@H]2CCCN2C(=S)NCc2ccc(F)cc2)c(OC)c1. The van der Waals surface area contributed by atoms with Crippen molar-refractivity contribution in [1.29, 1.82) is 0 Å². The largest absolute Gasteiger partial charge is 0.497 e. The van der Waals surface area contributed by atoms with Crippen molar-refractivity contribution in [2.75, 3.05) is 20.8 Å². The molecule has 6 heteroatoms. The molecule has 0 spiro atoms. The van der Waals surface area contributed by atoms with Crippen molar-refractivity contribution in [3.8, 4) is 11.5 Å². The van der Waals surface area contributed by atoms with Crippen LogP contribution in [0.15, 0.2) is 42.5 Å². The van der Waals surface area contributed by atoms with E-state index in [-0.39, 0.29) is 11.9 Å². The first-order valence-corrected chi connectivity index (χ1v) is 9.04. The molecule has 1 aliphatic rings. The highest BCUT2D eigenvalue weighted by Gasteiger charge is 2.30. The number of ether oxygens (including phenoxy) is 2. The minimum atomic E-state index is -0.234. The van der Waals surface area contributed by atoms with E-state index in [0.717, 1.165) is 42.0 Å². The van der Waals surface area contributed by atoms with E-state index >= 15 is 0 Å². The number of nitrogens with zero attached hydrogens (tertiary/aromatic N) is 1. The van der Waals surface area contributed by atoms with E-state index in [2.05, 4.69) is 10.2 Å². The van der Waals surface area contributed by atoms with Gasteiger partial charge in [-0.3, -0.25) is 0 Å². The molecule has 0 radical (unpaired) electrons. The molecule has 1 fully saturated rings. The third-order valence-electron chi connectivity index (χ3n) is 4.67. The fourth-order valence-corrected chi connectivity index (χ4v) is 3.60. The molecule has 3 rings (SSSR count). The molecular formula is C20H23FN2O2S. The van der Waals surface area contributed by atoms with Crippen LogP contribution in [0, 0.1) is 5.82 Å². The van der Waals surface area contributed by atoms with Crippen LogP contribution in [0.2, 0.25) is 0 Å². The van der Waals surface area contributed by atoms with E-state index in [1.807, 2.05) is 18.2 Å². The van der Waals surface area contributed by atoms with Crippen molar-refractivity contribution in [1.82, 2.24) is 10.2 Å². The fraction of sp³-hybridized carbons (Fsp3) is 0.350. The van der Waals surface area contributed by atoms with Crippen LogP contribution in [-0.4, -0.2) is 30.8 Å². The minimum absolute atomic E-state index is 0.170. The zero-order chi connectivity index (χ0) is 18.5. The van der Waals surface area contributed by atoms with Crippen molar-refractivity contribution in [3.63, 3.8) is 0 Å². The van der Waals surface area contributed by atoms with E-state index < -0.39 is 0 Å². The van der Waals surface area contributed by atoms with Gasteiger partial charge >= 0.3 is 0 Å². The Balaban J connectivity index is 1.71. The van der Waals surface area contributed by atoms with Crippen molar-refractivity contribution >= 4 is 17.3 Å². The first-order valence-electron chi connectivity index (χ1n) is 8.63. The molecule has 0 saturated carbocycles. The predicted octanol–water partition coefficient (Wildman–Crippen LogP) is 4.05. The van der Waals surface area contributed by atoms with Crippen molar-refractivity contribution in [3.05, 3.63) is 59.4 Å². The second-order valence-corrected chi connectivity index (χ2v) is 6.63. The van der Waals surface area contributed by atoms with Gasteiger partial charge in [0.25, 0.3) is 0 Å². The molecule has 0 aliphatic carbocycles. The van der Waals surface area contributed by atoms with Gasteiger partial charge in [0.05, 0.1) is 20.3 Å². The van der Waals surface area contributed by atoms with Gasteiger partial charge in [-0.15, -0.1) is 0 Å². The zero-order valence-electron chi connectivity index (χ0n) is 15.0. The highest BCUT2D eigenvalue weighted by molar-refractivity contribution is 7.80. The average Bonchev–Trinajstić information content (AvgIpc) is 3.16. The highest BCUT2D eigenvalue weighted by Crippen LogP contribution is 2.38. The van der Waals surface area contributed by atoms with Crippen LogP contribution in [0.5, 0.6) is 11.5 Å². The summed E-state index contributed by atoms with van der Waals surface area (Å²) in [7, 11) is 3.31. The summed E-state index contributed by atoms with van der Waals surface area (Å²) < 4.78 is 23.9. The number of halogens is 1. The molecule has 1 N–H and O–H groups in total. The lowest BCUT2D eigenvalue weighted by Crippen LogP contribution is -2.39. The molecule has 0 aromatic heterocycles. The highest BCUT2D eigenvalue weighted by atomic mass is 32.1. The van der Waals surface area contributed by atoms with Gasteiger partial charge in [0.2, 0.25) is 0 Å². The first kappa shape index (κ1) is 18.5. The Bertz CT molecular complexity index is 767. The lowest BCUT2D eigenvalue weighted by Gasteiger charge is -2.29. The monoisotopic (exact) mass is 374 g/mol. The molecule has 1 heterocycles. The number of nitrogens with one attached hydrogen (secondary N) is 1. The standard InChI is InChI=1S/C20H23FN2O2S/c1-24-16-9-10-17(19(12-16)25-2)18-4-3-11-23(18)20(26)22-13-14-5-7-15(21)8-6-14/h5-10,12,18H,3-4,11,13H2,1-2H3,(H,22,26)/t18-/m1/s1. The van der Waals surface area contributed by atoms with E-state index in [1.165, 1.54) is 12.1 Å². The van der Waals surface area contributed by atoms with Crippen molar-refractivity contribution in [2.45, 2.75) is 25.4 Å². The van der Waals surface area contributed by atoms with E-state index in [0.29, 0.717) is 11.7 Å². The maximum Gasteiger partial charge on any atom is 0.169 e. The number of methoxy groups -OCH3 is 2. The number of thiocarbonyl (C=S) groups is 1. The van der Waals surface area contributed by atoms with Crippen LogP contribution in [0.3, 0.4) is 0 Å². The van der Waals surface area contributed by atoms with E-state index in [1.54, 1.807) is 26.4 Å². The van der Waals surface area contributed by atoms with Gasteiger partial charge in [-0.05, 0) is 54.9 Å². The zero-order valence-corrected chi connectivity index (χ0v) is 15.8. The molecule has 1 atom stereocenters. The first-order chi connectivity index (χ1) is 12.6. The predicted molar refractivity (Wildman–Crippen MR) is 104 cm³/mol. The lowest BCUT2D eigenvalue weighted by atomic mass is 10.0. The van der Waals surface area contributed by atoms with Gasteiger partial charge in [0.1, 0.15) is 17.3 Å². The van der Waals surface area contributed by atoms with Crippen LogP contribution in [0.4, 0.5) is 4.39 Å². The van der Waals surface area contributed by atoms with Gasteiger partial charge in [-0.25, -0.2) is 4.39 Å². The smallest absolute Gasteiger partial charge is 0.169 e. The van der Waals surface area contributed by atoms with E-state index in [4.69, 9.17) is 21.7 Å². The lowest BCUT2D eigenvalue weighted by molar-refractivity contribution is 0.357. The topological polar surface area (TPSA) is 33.7 Å². The average molecular weight is 374 g/mol. The molecular weight excluding hydrogens is 351 g/mol. The van der Waals surface area contributed by atoms with E-state index in [9.17, 15) is 4.39 Å². The van der Waals surface area contributed by atoms with Crippen LogP contribution in [0.25, 0.3) is 0 Å². The van der Waals surface area contributed by atoms with Crippen LogP contribution < -0.4 is 14.8 Å².